The monoisotopic (exact) mass is 249 g/mol. The SMILES string of the molecule is NCC(=O)NC(CO)C(=O)NC(CO)C(=O)O. The van der Waals surface area contributed by atoms with Crippen LogP contribution in [0.5, 0.6) is 0 Å². The fraction of sp³-hybridized carbons (Fsp3) is 0.625. The van der Waals surface area contributed by atoms with Crippen LogP contribution in [0.15, 0.2) is 0 Å². The Labute approximate surface area is 96.6 Å². The van der Waals surface area contributed by atoms with Gasteiger partial charge in [-0.3, -0.25) is 9.59 Å². The van der Waals surface area contributed by atoms with Gasteiger partial charge in [-0.05, 0) is 0 Å². The highest BCUT2D eigenvalue weighted by atomic mass is 16.4. The quantitative estimate of drug-likeness (QED) is 0.267. The lowest BCUT2D eigenvalue weighted by Gasteiger charge is -2.18. The molecule has 0 spiro atoms. The number of amides is 2. The normalized spacial score (nSPS) is 13.6. The van der Waals surface area contributed by atoms with Gasteiger partial charge in [0.15, 0.2) is 0 Å². The number of aliphatic hydroxyl groups excluding tert-OH is 2. The average Bonchev–Trinajstić information content (AvgIpc) is 2.31. The predicted octanol–water partition coefficient (Wildman–Crippen LogP) is -4.02. The van der Waals surface area contributed by atoms with Crippen LogP contribution >= 0.6 is 0 Å². The molecule has 0 saturated heterocycles. The first-order valence-corrected chi connectivity index (χ1v) is 4.70. The second kappa shape index (κ2) is 7.54. The summed E-state index contributed by atoms with van der Waals surface area (Å²) >= 11 is 0. The molecule has 98 valence electrons. The van der Waals surface area contributed by atoms with E-state index < -0.39 is 43.1 Å². The minimum Gasteiger partial charge on any atom is -0.480 e. The molecular weight excluding hydrogens is 234 g/mol. The Morgan fingerprint density at radius 1 is 1.06 bits per heavy atom. The number of hydrogen-bond donors (Lipinski definition) is 6. The highest BCUT2D eigenvalue weighted by Gasteiger charge is 2.25. The van der Waals surface area contributed by atoms with Crippen molar-refractivity contribution in [3.63, 3.8) is 0 Å². The summed E-state index contributed by atoms with van der Waals surface area (Å²) in [4.78, 5) is 32.8. The highest BCUT2D eigenvalue weighted by Crippen LogP contribution is 1.88. The summed E-state index contributed by atoms with van der Waals surface area (Å²) in [5.41, 5.74) is 4.99. The van der Waals surface area contributed by atoms with Crippen molar-refractivity contribution in [2.45, 2.75) is 12.1 Å². The van der Waals surface area contributed by atoms with E-state index in [1.807, 2.05) is 5.32 Å². The molecule has 7 N–H and O–H groups in total. The van der Waals surface area contributed by atoms with Crippen LogP contribution in [0.4, 0.5) is 0 Å². The molecule has 0 radical (unpaired) electrons. The van der Waals surface area contributed by atoms with Crippen molar-refractivity contribution in [3.8, 4) is 0 Å². The van der Waals surface area contributed by atoms with Crippen LogP contribution < -0.4 is 16.4 Å². The summed E-state index contributed by atoms with van der Waals surface area (Å²) in [5, 5.41) is 30.1. The van der Waals surface area contributed by atoms with E-state index in [-0.39, 0.29) is 6.54 Å². The van der Waals surface area contributed by atoms with Gasteiger partial charge in [-0.15, -0.1) is 0 Å². The van der Waals surface area contributed by atoms with Crippen LogP contribution in [-0.2, 0) is 14.4 Å². The molecule has 17 heavy (non-hydrogen) atoms. The molecule has 0 bridgehead atoms. The van der Waals surface area contributed by atoms with Gasteiger partial charge in [-0.2, -0.15) is 0 Å². The van der Waals surface area contributed by atoms with E-state index in [9.17, 15) is 14.4 Å². The Bertz CT molecular complexity index is 295. The van der Waals surface area contributed by atoms with E-state index in [0.717, 1.165) is 0 Å². The molecule has 0 aliphatic rings. The van der Waals surface area contributed by atoms with Gasteiger partial charge < -0.3 is 31.7 Å². The van der Waals surface area contributed by atoms with Crippen molar-refractivity contribution < 1.29 is 29.7 Å². The van der Waals surface area contributed by atoms with E-state index in [1.165, 1.54) is 0 Å². The molecule has 2 unspecified atom stereocenters. The summed E-state index contributed by atoms with van der Waals surface area (Å²) in [5.74, 6) is -3.02. The summed E-state index contributed by atoms with van der Waals surface area (Å²) < 4.78 is 0. The maximum absolute atomic E-state index is 11.4. The lowest BCUT2D eigenvalue weighted by molar-refractivity contribution is -0.143. The second-order valence-corrected chi connectivity index (χ2v) is 3.09. The zero-order valence-electron chi connectivity index (χ0n) is 8.92. The molecule has 2 amide bonds. The van der Waals surface area contributed by atoms with Gasteiger partial charge in [0.05, 0.1) is 19.8 Å². The van der Waals surface area contributed by atoms with Crippen LogP contribution in [0.1, 0.15) is 0 Å². The Balaban J connectivity index is 4.43. The lowest BCUT2D eigenvalue weighted by Crippen LogP contribution is -2.54. The van der Waals surface area contributed by atoms with Crippen molar-refractivity contribution in [1.29, 1.82) is 0 Å². The Hall–Kier alpha value is -1.71. The van der Waals surface area contributed by atoms with Crippen molar-refractivity contribution >= 4 is 17.8 Å². The summed E-state index contributed by atoms with van der Waals surface area (Å²) in [6.45, 7) is -1.88. The van der Waals surface area contributed by atoms with Gasteiger partial charge in [0.2, 0.25) is 11.8 Å². The third kappa shape index (κ3) is 5.24. The van der Waals surface area contributed by atoms with E-state index in [0.29, 0.717) is 0 Å². The molecule has 0 saturated carbocycles. The molecule has 0 aromatic heterocycles. The number of carbonyl (C=O) groups excluding carboxylic acids is 2. The topological polar surface area (TPSA) is 162 Å². The number of rotatable bonds is 7. The maximum atomic E-state index is 11.4. The third-order valence-corrected chi connectivity index (χ3v) is 1.82. The lowest BCUT2D eigenvalue weighted by atomic mass is 10.2. The largest absolute Gasteiger partial charge is 0.480 e. The molecule has 0 heterocycles. The fourth-order valence-electron chi connectivity index (χ4n) is 0.905. The molecule has 2 atom stereocenters. The van der Waals surface area contributed by atoms with Crippen LogP contribution in [0, 0.1) is 0 Å². The molecule has 0 rings (SSSR count). The first-order chi connectivity index (χ1) is 7.96. The zero-order chi connectivity index (χ0) is 13.4. The Morgan fingerprint density at radius 2 is 1.59 bits per heavy atom. The van der Waals surface area contributed by atoms with E-state index >= 15 is 0 Å². The maximum Gasteiger partial charge on any atom is 0.328 e. The number of carboxylic acid groups (broad SMARTS) is 1. The number of hydrogen-bond acceptors (Lipinski definition) is 6. The number of nitrogens with one attached hydrogen (secondary N) is 2. The number of aliphatic hydroxyl groups is 2. The summed E-state index contributed by atoms with van der Waals surface area (Å²) in [6, 6.07) is -2.80. The Kier molecular flexibility index (Phi) is 6.79. The number of nitrogens with two attached hydrogens (primary N) is 1. The molecule has 0 aromatic carbocycles. The van der Waals surface area contributed by atoms with Crippen molar-refractivity contribution in [2.75, 3.05) is 19.8 Å². The minimum atomic E-state index is -1.49. The second-order valence-electron chi connectivity index (χ2n) is 3.09. The van der Waals surface area contributed by atoms with Crippen LogP contribution in [0.3, 0.4) is 0 Å². The number of aliphatic carboxylic acids is 1. The van der Waals surface area contributed by atoms with Crippen molar-refractivity contribution in [1.82, 2.24) is 10.6 Å². The predicted molar refractivity (Wildman–Crippen MR) is 54.7 cm³/mol. The van der Waals surface area contributed by atoms with Gasteiger partial charge in [-0.25, -0.2) is 4.79 Å². The highest BCUT2D eigenvalue weighted by molar-refractivity contribution is 5.90. The fourth-order valence-corrected chi connectivity index (χ4v) is 0.905. The molecule has 9 nitrogen and oxygen atoms in total. The first-order valence-electron chi connectivity index (χ1n) is 4.70. The van der Waals surface area contributed by atoms with E-state index in [2.05, 4.69) is 5.32 Å². The minimum absolute atomic E-state index is 0.369. The molecular formula is C8H15N3O6. The first kappa shape index (κ1) is 15.3. The van der Waals surface area contributed by atoms with E-state index in [4.69, 9.17) is 21.1 Å². The van der Waals surface area contributed by atoms with Crippen molar-refractivity contribution in [3.05, 3.63) is 0 Å². The smallest absolute Gasteiger partial charge is 0.328 e. The van der Waals surface area contributed by atoms with Crippen molar-refractivity contribution in [2.24, 2.45) is 5.73 Å². The van der Waals surface area contributed by atoms with Crippen LogP contribution in [0.25, 0.3) is 0 Å². The molecule has 0 fully saturated rings. The zero-order valence-corrected chi connectivity index (χ0v) is 8.92. The van der Waals surface area contributed by atoms with Gasteiger partial charge in [-0.1, -0.05) is 0 Å². The Morgan fingerprint density at radius 3 is 1.94 bits per heavy atom. The van der Waals surface area contributed by atoms with Gasteiger partial charge in [0.1, 0.15) is 12.1 Å². The molecule has 0 aliphatic carbocycles. The van der Waals surface area contributed by atoms with Gasteiger partial charge >= 0.3 is 5.97 Å². The van der Waals surface area contributed by atoms with Gasteiger partial charge in [0, 0.05) is 0 Å². The summed E-state index contributed by atoms with van der Waals surface area (Å²) in [7, 11) is 0. The molecule has 9 heteroatoms. The van der Waals surface area contributed by atoms with Crippen LogP contribution in [0.2, 0.25) is 0 Å². The van der Waals surface area contributed by atoms with Crippen LogP contribution in [-0.4, -0.2) is 64.9 Å². The van der Waals surface area contributed by atoms with E-state index in [1.54, 1.807) is 0 Å². The average molecular weight is 249 g/mol. The summed E-state index contributed by atoms with van der Waals surface area (Å²) in [6.07, 6.45) is 0. The van der Waals surface area contributed by atoms with Gasteiger partial charge in [0.25, 0.3) is 0 Å². The number of carboxylic acids is 1. The number of carbonyl (C=O) groups is 3. The molecule has 0 aromatic rings. The molecule has 0 aliphatic heterocycles. The standard InChI is InChI=1S/C8H15N3O6/c9-1-6(14)10-4(2-12)7(15)11-5(3-13)8(16)17/h4-5,12-13H,1-3,9H2,(H,10,14)(H,11,15)(H,16,17). The third-order valence-electron chi connectivity index (χ3n) is 1.82.